The van der Waals surface area contributed by atoms with Gasteiger partial charge in [-0.1, -0.05) is 25.7 Å². The molecule has 1 saturated carbocycles. The Balaban J connectivity index is 1.98. The summed E-state index contributed by atoms with van der Waals surface area (Å²) < 4.78 is 5.38. The summed E-state index contributed by atoms with van der Waals surface area (Å²) in [6.07, 6.45) is 1.04. The van der Waals surface area contributed by atoms with Crippen molar-refractivity contribution in [1.82, 2.24) is 5.32 Å². The molecule has 0 aromatic carbocycles. The van der Waals surface area contributed by atoms with E-state index in [2.05, 4.69) is 31.0 Å². The molecule has 0 spiro atoms. The Bertz CT molecular complexity index is 553. The first-order valence-electron chi connectivity index (χ1n) is 6.52. The maximum absolute atomic E-state index is 12.2. The van der Waals surface area contributed by atoms with Crippen molar-refractivity contribution in [2.75, 3.05) is 13.7 Å². The number of hydrogen-bond donors (Lipinski definition) is 2. The molecule has 4 nitrogen and oxygen atoms in total. The Kier molecular flexibility index (Phi) is 4.48. The van der Waals surface area contributed by atoms with Gasteiger partial charge in [-0.05, 0) is 18.6 Å². The molecule has 108 valence electrons. The van der Waals surface area contributed by atoms with E-state index in [4.69, 9.17) is 9.84 Å². The van der Waals surface area contributed by atoms with Gasteiger partial charge in [0.2, 0.25) is 0 Å². The second kappa shape index (κ2) is 5.96. The molecule has 1 aromatic rings. The van der Waals surface area contributed by atoms with Crippen LogP contribution in [0.3, 0.4) is 0 Å². The normalized spacial score (nSPS) is 23.4. The fourth-order valence-electron chi connectivity index (χ4n) is 2.41. The molecule has 0 radical (unpaired) electrons. The molecule has 0 bridgehead atoms. The molecule has 1 heterocycles. The average Bonchev–Trinajstić information content (AvgIpc) is 2.89. The summed E-state index contributed by atoms with van der Waals surface area (Å²) in [6, 6.07) is 3.70. The van der Waals surface area contributed by atoms with Crippen LogP contribution in [0.25, 0.3) is 0 Å². The standard InChI is InChI=1S/C15H19NO3S/c1-15(2)12(9-13(15)19-3)16-14(18)11-7-6-10(20-11)5-4-8-17/h6-7,12-13,17H,8-9H2,1-3H3,(H,16,18). The molecular formula is C15H19NO3S. The predicted octanol–water partition coefficient (Wildman–Crippen LogP) is 1.64. The van der Waals surface area contributed by atoms with Crippen LogP contribution in [0.1, 0.15) is 34.8 Å². The van der Waals surface area contributed by atoms with Gasteiger partial charge in [-0.15, -0.1) is 11.3 Å². The van der Waals surface area contributed by atoms with Crippen LogP contribution in [0.4, 0.5) is 0 Å². The minimum Gasteiger partial charge on any atom is -0.384 e. The summed E-state index contributed by atoms with van der Waals surface area (Å²) in [5.41, 5.74) is -0.0405. The lowest BCUT2D eigenvalue weighted by Gasteiger charge is -2.51. The lowest BCUT2D eigenvalue weighted by molar-refractivity contribution is -0.0942. The Morgan fingerprint density at radius 3 is 2.95 bits per heavy atom. The van der Waals surface area contributed by atoms with Crippen LogP contribution in [0.15, 0.2) is 12.1 Å². The van der Waals surface area contributed by atoms with Gasteiger partial charge < -0.3 is 15.2 Å². The van der Waals surface area contributed by atoms with Gasteiger partial charge in [0.05, 0.1) is 15.9 Å². The number of carbonyl (C=O) groups is 1. The third-order valence-corrected chi connectivity index (χ3v) is 4.89. The predicted molar refractivity (Wildman–Crippen MR) is 78.7 cm³/mol. The first-order chi connectivity index (χ1) is 9.48. The molecule has 1 fully saturated rings. The lowest BCUT2D eigenvalue weighted by Crippen LogP contribution is -2.61. The number of aliphatic hydroxyl groups excluding tert-OH is 1. The van der Waals surface area contributed by atoms with E-state index in [1.165, 1.54) is 11.3 Å². The summed E-state index contributed by atoms with van der Waals surface area (Å²) in [4.78, 5) is 13.6. The van der Waals surface area contributed by atoms with E-state index in [0.29, 0.717) is 4.88 Å². The van der Waals surface area contributed by atoms with Gasteiger partial charge >= 0.3 is 0 Å². The number of thiophene rings is 1. The molecule has 1 aliphatic rings. The molecule has 0 saturated heterocycles. The van der Waals surface area contributed by atoms with Crippen LogP contribution < -0.4 is 5.32 Å². The van der Waals surface area contributed by atoms with Gasteiger partial charge in [-0.25, -0.2) is 0 Å². The third kappa shape index (κ3) is 2.88. The van der Waals surface area contributed by atoms with Crippen molar-refractivity contribution in [2.24, 2.45) is 5.41 Å². The Labute approximate surface area is 123 Å². The second-order valence-corrected chi connectivity index (χ2v) is 6.52. The molecular weight excluding hydrogens is 274 g/mol. The molecule has 2 N–H and O–H groups in total. The molecule has 1 aliphatic carbocycles. The highest BCUT2D eigenvalue weighted by molar-refractivity contribution is 7.14. The summed E-state index contributed by atoms with van der Waals surface area (Å²) >= 11 is 1.34. The quantitative estimate of drug-likeness (QED) is 0.833. The molecule has 2 rings (SSSR count). The highest BCUT2D eigenvalue weighted by Crippen LogP contribution is 2.42. The van der Waals surface area contributed by atoms with E-state index >= 15 is 0 Å². The number of hydrogen-bond acceptors (Lipinski definition) is 4. The van der Waals surface area contributed by atoms with Crippen molar-refractivity contribution >= 4 is 17.2 Å². The average molecular weight is 293 g/mol. The molecule has 0 aliphatic heterocycles. The zero-order valence-electron chi connectivity index (χ0n) is 11.9. The van der Waals surface area contributed by atoms with Crippen molar-refractivity contribution in [3.05, 3.63) is 21.9 Å². The van der Waals surface area contributed by atoms with Crippen LogP contribution in [0.5, 0.6) is 0 Å². The van der Waals surface area contributed by atoms with Gasteiger partial charge in [0, 0.05) is 18.6 Å². The van der Waals surface area contributed by atoms with Crippen molar-refractivity contribution in [3.8, 4) is 11.8 Å². The number of rotatable bonds is 3. The molecule has 2 unspecified atom stereocenters. The van der Waals surface area contributed by atoms with Crippen molar-refractivity contribution in [1.29, 1.82) is 0 Å². The minimum absolute atomic E-state index is 0.0405. The van der Waals surface area contributed by atoms with Gasteiger partial charge in [-0.2, -0.15) is 0 Å². The van der Waals surface area contributed by atoms with Crippen LogP contribution in [-0.4, -0.2) is 36.9 Å². The first kappa shape index (κ1) is 15.0. The maximum Gasteiger partial charge on any atom is 0.261 e. The van der Waals surface area contributed by atoms with E-state index in [1.807, 2.05) is 0 Å². The molecule has 5 heteroatoms. The van der Waals surface area contributed by atoms with Crippen LogP contribution >= 0.6 is 11.3 Å². The van der Waals surface area contributed by atoms with Gasteiger partial charge in [-0.3, -0.25) is 4.79 Å². The van der Waals surface area contributed by atoms with Crippen molar-refractivity contribution in [3.63, 3.8) is 0 Å². The topological polar surface area (TPSA) is 58.6 Å². The third-order valence-electron chi connectivity index (χ3n) is 3.89. The van der Waals surface area contributed by atoms with E-state index in [-0.39, 0.29) is 30.1 Å². The van der Waals surface area contributed by atoms with Crippen molar-refractivity contribution < 1.29 is 14.6 Å². The summed E-state index contributed by atoms with van der Waals surface area (Å²) in [7, 11) is 1.70. The van der Waals surface area contributed by atoms with Gasteiger partial charge in [0.25, 0.3) is 5.91 Å². The largest absolute Gasteiger partial charge is 0.384 e. The van der Waals surface area contributed by atoms with Crippen LogP contribution in [0.2, 0.25) is 0 Å². The molecule has 20 heavy (non-hydrogen) atoms. The minimum atomic E-state index is -0.173. The highest BCUT2D eigenvalue weighted by atomic mass is 32.1. The second-order valence-electron chi connectivity index (χ2n) is 5.43. The smallest absolute Gasteiger partial charge is 0.261 e. The monoisotopic (exact) mass is 293 g/mol. The van der Waals surface area contributed by atoms with E-state index in [1.54, 1.807) is 19.2 Å². The summed E-state index contributed by atoms with van der Waals surface area (Å²) in [5.74, 6) is 5.31. The van der Waals surface area contributed by atoms with Crippen molar-refractivity contribution in [2.45, 2.75) is 32.4 Å². The molecule has 2 atom stereocenters. The molecule has 1 aromatic heterocycles. The fourth-order valence-corrected chi connectivity index (χ4v) is 3.20. The lowest BCUT2D eigenvalue weighted by atomic mass is 9.64. The summed E-state index contributed by atoms with van der Waals surface area (Å²) in [6.45, 7) is 4.03. The SMILES string of the molecule is COC1CC(NC(=O)c2ccc(C#CCO)s2)C1(C)C. The number of ether oxygens (including phenoxy) is 1. The number of carbonyl (C=O) groups excluding carboxylic acids is 1. The van der Waals surface area contributed by atoms with E-state index in [9.17, 15) is 4.79 Å². The summed E-state index contributed by atoms with van der Waals surface area (Å²) in [5, 5.41) is 11.7. The number of nitrogens with one attached hydrogen (secondary N) is 1. The zero-order valence-corrected chi connectivity index (χ0v) is 12.7. The Morgan fingerprint density at radius 2 is 2.35 bits per heavy atom. The molecule has 1 amide bonds. The zero-order chi connectivity index (χ0) is 14.8. The highest BCUT2D eigenvalue weighted by Gasteiger charge is 2.49. The Hall–Kier alpha value is -1.35. The number of amides is 1. The van der Waals surface area contributed by atoms with E-state index < -0.39 is 0 Å². The number of aliphatic hydroxyl groups is 1. The first-order valence-corrected chi connectivity index (χ1v) is 7.34. The van der Waals surface area contributed by atoms with Crippen LogP contribution in [-0.2, 0) is 4.74 Å². The fraction of sp³-hybridized carbons (Fsp3) is 0.533. The van der Waals surface area contributed by atoms with E-state index in [0.717, 1.165) is 11.3 Å². The maximum atomic E-state index is 12.2. The van der Waals surface area contributed by atoms with Gasteiger partial charge in [0.15, 0.2) is 0 Å². The van der Waals surface area contributed by atoms with Crippen LogP contribution in [0, 0.1) is 17.3 Å². The Morgan fingerprint density at radius 1 is 1.60 bits per heavy atom. The van der Waals surface area contributed by atoms with Gasteiger partial charge in [0.1, 0.15) is 6.61 Å². The number of methoxy groups -OCH3 is 1.